The average Bonchev–Trinajstić information content (AvgIpc) is 3.23. The third-order valence-corrected chi connectivity index (χ3v) is 9.65. The first-order valence-corrected chi connectivity index (χ1v) is 12.0. The molecule has 1 aliphatic rings. The number of nitrogens with one attached hydrogen (secondary N) is 1. The van der Waals surface area contributed by atoms with Crippen molar-refractivity contribution in [2.24, 2.45) is 11.7 Å². The van der Waals surface area contributed by atoms with E-state index in [0.717, 1.165) is 0 Å². The molecule has 0 aromatic carbocycles. The Hall–Kier alpha value is -0.763. The van der Waals surface area contributed by atoms with E-state index in [4.69, 9.17) is 14.9 Å². The molecule has 25 heavy (non-hydrogen) atoms. The standard InChI is InChI=1S/C18H36N2O4Si/c1-12(2)9-14(20-16(22)13(3)19)15(21)18(10-23-18)11-24-25(7,8)17(4,5)6/h12-14H,9-11,19H2,1-8H3,(H,20,22)/t13-,14-,18-/m0/s1. The van der Waals surface area contributed by atoms with E-state index in [1.165, 1.54) is 0 Å². The number of ether oxygens (including phenoxy) is 1. The first kappa shape index (κ1) is 22.3. The van der Waals surface area contributed by atoms with Gasteiger partial charge in [-0.1, -0.05) is 34.6 Å². The summed E-state index contributed by atoms with van der Waals surface area (Å²) in [5.74, 6) is -0.159. The van der Waals surface area contributed by atoms with Crippen LogP contribution in [0.15, 0.2) is 0 Å². The molecular formula is C18H36N2O4Si. The molecule has 0 aromatic rings. The topological polar surface area (TPSA) is 94.0 Å². The minimum Gasteiger partial charge on any atom is -0.413 e. The van der Waals surface area contributed by atoms with Gasteiger partial charge in [0.2, 0.25) is 5.91 Å². The van der Waals surface area contributed by atoms with Crippen molar-refractivity contribution >= 4 is 20.0 Å². The Morgan fingerprint density at radius 1 is 1.28 bits per heavy atom. The van der Waals surface area contributed by atoms with Gasteiger partial charge in [0.1, 0.15) is 0 Å². The highest BCUT2D eigenvalue weighted by molar-refractivity contribution is 6.74. The lowest BCUT2D eigenvalue weighted by atomic mass is 9.92. The Balaban J connectivity index is 2.83. The van der Waals surface area contributed by atoms with Gasteiger partial charge < -0.3 is 20.2 Å². The van der Waals surface area contributed by atoms with Crippen LogP contribution in [0.5, 0.6) is 0 Å². The van der Waals surface area contributed by atoms with Crippen molar-refractivity contribution in [3.8, 4) is 0 Å². The number of rotatable bonds is 9. The van der Waals surface area contributed by atoms with E-state index in [1.807, 2.05) is 13.8 Å². The van der Waals surface area contributed by atoms with Gasteiger partial charge in [-0.05, 0) is 37.4 Å². The summed E-state index contributed by atoms with van der Waals surface area (Å²) in [7, 11) is -1.98. The third kappa shape index (κ3) is 5.87. The predicted octanol–water partition coefficient (Wildman–Crippen LogP) is 2.22. The lowest BCUT2D eigenvalue weighted by Gasteiger charge is -2.37. The second-order valence-corrected chi connectivity index (χ2v) is 14.0. The number of epoxide rings is 1. The molecule has 146 valence electrons. The van der Waals surface area contributed by atoms with E-state index in [0.29, 0.717) is 13.0 Å². The van der Waals surface area contributed by atoms with Gasteiger partial charge in [0.25, 0.3) is 0 Å². The zero-order valence-corrected chi connectivity index (χ0v) is 18.1. The molecule has 0 unspecified atom stereocenters. The van der Waals surface area contributed by atoms with Crippen molar-refractivity contribution in [2.45, 2.75) is 83.8 Å². The minimum absolute atomic E-state index is 0.0622. The molecular weight excluding hydrogens is 336 g/mol. The Kier molecular flexibility index (Phi) is 7.00. The van der Waals surface area contributed by atoms with Gasteiger partial charge in [-0.2, -0.15) is 0 Å². The summed E-state index contributed by atoms with van der Waals surface area (Å²) < 4.78 is 11.7. The second kappa shape index (κ2) is 7.86. The predicted molar refractivity (Wildman–Crippen MR) is 102 cm³/mol. The molecule has 1 heterocycles. The van der Waals surface area contributed by atoms with Gasteiger partial charge in [0, 0.05) is 0 Å². The van der Waals surface area contributed by atoms with Crippen molar-refractivity contribution < 1.29 is 18.8 Å². The largest absolute Gasteiger partial charge is 0.413 e. The normalized spacial score (nSPS) is 23.3. The average molecular weight is 373 g/mol. The molecule has 0 radical (unpaired) electrons. The molecule has 7 heteroatoms. The molecule has 1 amide bonds. The maximum atomic E-state index is 13.0. The number of Topliss-reactive ketones (excluding diaryl/α,β-unsaturated/α-hetero) is 1. The molecule has 6 nitrogen and oxygen atoms in total. The molecule has 3 atom stereocenters. The summed E-state index contributed by atoms with van der Waals surface area (Å²) in [4.78, 5) is 25.0. The Morgan fingerprint density at radius 2 is 1.80 bits per heavy atom. The monoisotopic (exact) mass is 372 g/mol. The maximum absolute atomic E-state index is 13.0. The number of nitrogens with two attached hydrogens (primary N) is 1. The second-order valence-electron chi connectivity index (χ2n) is 9.18. The lowest BCUT2D eigenvalue weighted by molar-refractivity contribution is -0.132. The van der Waals surface area contributed by atoms with Crippen molar-refractivity contribution in [2.75, 3.05) is 13.2 Å². The molecule has 1 rings (SSSR count). The van der Waals surface area contributed by atoms with E-state index in [2.05, 4.69) is 39.2 Å². The molecule has 3 N–H and O–H groups in total. The van der Waals surface area contributed by atoms with Crippen LogP contribution < -0.4 is 11.1 Å². The highest BCUT2D eigenvalue weighted by atomic mass is 28.4. The van der Waals surface area contributed by atoms with Gasteiger partial charge in [0.15, 0.2) is 19.7 Å². The zero-order valence-electron chi connectivity index (χ0n) is 17.1. The Morgan fingerprint density at radius 3 is 2.16 bits per heavy atom. The zero-order chi connectivity index (χ0) is 19.6. The summed E-state index contributed by atoms with van der Waals surface area (Å²) in [6, 6.07) is -1.24. The van der Waals surface area contributed by atoms with Crippen LogP contribution in [0.2, 0.25) is 18.1 Å². The molecule has 0 bridgehead atoms. The first-order valence-electron chi connectivity index (χ1n) is 9.10. The Bertz CT molecular complexity index is 494. The fraction of sp³-hybridized carbons (Fsp3) is 0.889. The molecule has 1 fully saturated rings. The summed E-state index contributed by atoms with van der Waals surface area (Å²) >= 11 is 0. The van der Waals surface area contributed by atoms with Gasteiger partial charge in [-0.15, -0.1) is 0 Å². The quantitative estimate of drug-likeness (QED) is 0.478. The van der Waals surface area contributed by atoms with Gasteiger partial charge in [0.05, 0.1) is 25.3 Å². The van der Waals surface area contributed by atoms with E-state index in [9.17, 15) is 9.59 Å². The van der Waals surface area contributed by atoms with Crippen LogP contribution in [0.4, 0.5) is 0 Å². The third-order valence-electron chi connectivity index (χ3n) is 5.17. The highest BCUT2D eigenvalue weighted by Gasteiger charge is 2.56. The highest BCUT2D eigenvalue weighted by Crippen LogP contribution is 2.39. The number of hydrogen-bond acceptors (Lipinski definition) is 5. The Labute approximate surface area is 153 Å². The smallest absolute Gasteiger partial charge is 0.237 e. The molecule has 0 aromatic heterocycles. The van der Waals surface area contributed by atoms with Crippen molar-refractivity contribution in [1.29, 1.82) is 0 Å². The van der Waals surface area contributed by atoms with Crippen molar-refractivity contribution in [1.82, 2.24) is 5.32 Å². The minimum atomic E-state index is -1.98. The molecule has 0 spiro atoms. The van der Waals surface area contributed by atoms with Gasteiger partial charge >= 0.3 is 0 Å². The lowest BCUT2D eigenvalue weighted by Crippen LogP contribution is -2.53. The van der Waals surface area contributed by atoms with E-state index in [-0.39, 0.29) is 29.3 Å². The molecule has 1 saturated heterocycles. The number of hydrogen-bond donors (Lipinski definition) is 2. The van der Waals surface area contributed by atoms with Crippen molar-refractivity contribution in [3.05, 3.63) is 0 Å². The molecule has 0 aliphatic carbocycles. The van der Waals surface area contributed by atoms with E-state index in [1.54, 1.807) is 6.92 Å². The van der Waals surface area contributed by atoms with Gasteiger partial charge in [-0.25, -0.2) is 0 Å². The first-order chi connectivity index (χ1) is 11.2. The van der Waals surface area contributed by atoms with Crippen LogP contribution in [0.1, 0.15) is 48.0 Å². The van der Waals surface area contributed by atoms with Crippen LogP contribution in [-0.2, 0) is 18.8 Å². The fourth-order valence-electron chi connectivity index (χ4n) is 2.22. The number of carbonyl (C=O) groups is 2. The summed E-state index contributed by atoms with van der Waals surface area (Å²) in [6.45, 7) is 17.0. The molecule has 0 saturated carbocycles. The summed E-state index contributed by atoms with van der Waals surface area (Å²) in [5, 5.41) is 2.85. The number of carbonyl (C=O) groups excluding carboxylic acids is 2. The van der Waals surface area contributed by atoms with E-state index >= 15 is 0 Å². The van der Waals surface area contributed by atoms with E-state index < -0.39 is 26.0 Å². The van der Waals surface area contributed by atoms with Gasteiger partial charge in [-0.3, -0.25) is 9.59 Å². The number of ketones is 1. The van der Waals surface area contributed by atoms with Crippen LogP contribution in [0.25, 0.3) is 0 Å². The molecule has 1 aliphatic heterocycles. The van der Waals surface area contributed by atoms with Crippen LogP contribution in [0.3, 0.4) is 0 Å². The SMILES string of the molecule is CC(C)C[C@H](NC(=O)[C@H](C)N)C(=O)[C@@]1(CO[Si](C)(C)C(C)(C)C)CO1. The van der Waals surface area contributed by atoms with Crippen LogP contribution in [-0.4, -0.2) is 50.9 Å². The summed E-state index contributed by atoms with van der Waals surface area (Å²) in [6.07, 6.45) is 0.558. The van der Waals surface area contributed by atoms with Crippen molar-refractivity contribution in [3.63, 3.8) is 0 Å². The van der Waals surface area contributed by atoms with Crippen LogP contribution in [0, 0.1) is 5.92 Å². The maximum Gasteiger partial charge on any atom is 0.237 e. The number of amides is 1. The summed E-state index contributed by atoms with van der Waals surface area (Å²) in [5.41, 5.74) is 4.71. The fourth-order valence-corrected chi connectivity index (χ4v) is 3.25. The van der Waals surface area contributed by atoms with Crippen LogP contribution >= 0.6 is 0 Å².